The monoisotopic (exact) mass is 301 g/mol. The number of nitrogens with zero attached hydrogens (tertiary/aromatic N) is 3. The van der Waals surface area contributed by atoms with Gasteiger partial charge in [0.2, 0.25) is 5.89 Å². The third-order valence-corrected chi connectivity index (χ3v) is 3.89. The van der Waals surface area contributed by atoms with Crippen molar-refractivity contribution >= 4 is 11.3 Å². The number of benzene rings is 1. The van der Waals surface area contributed by atoms with Crippen LogP contribution in [0, 0.1) is 6.92 Å². The van der Waals surface area contributed by atoms with E-state index in [2.05, 4.69) is 15.1 Å². The summed E-state index contributed by atoms with van der Waals surface area (Å²) in [6.45, 7) is 1.96. The molecule has 0 radical (unpaired) electrons. The molecule has 3 rings (SSSR count). The quantitative estimate of drug-likeness (QED) is 0.784. The molecule has 0 bridgehead atoms. The van der Waals surface area contributed by atoms with Gasteiger partial charge in [-0.1, -0.05) is 35.5 Å². The first kappa shape index (κ1) is 13.9. The van der Waals surface area contributed by atoms with E-state index in [1.807, 2.05) is 42.6 Å². The summed E-state index contributed by atoms with van der Waals surface area (Å²) in [5.74, 6) is 1.03. The smallest absolute Gasteiger partial charge is 0.229 e. The molecule has 2 aromatic heterocycles. The van der Waals surface area contributed by atoms with Crippen molar-refractivity contribution in [1.82, 2.24) is 15.1 Å². The zero-order chi connectivity index (χ0) is 14.7. The van der Waals surface area contributed by atoms with Crippen molar-refractivity contribution in [1.29, 1.82) is 0 Å². The molecule has 3 aromatic rings. The summed E-state index contributed by atoms with van der Waals surface area (Å²) in [6, 6.07) is 9.45. The average Bonchev–Trinajstić information content (AvgIpc) is 3.09. The summed E-state index contributed by atoms with van der Waals surface area (Å²) < 4.78 is 5.19. The first-order valence-corrected chi connectivity index (χ1v) is 7.54. The fraction of sp³-hybridized carbons (Fsp3) is 0.267. The van der Waals surface area contributed by atoms with Crippen LogP contribution < -0.4 is 0 Å². The van der Waals surface area contributed by atoms with Gasteiger partial charge in [-0.15, -0.1) is 11.3 Å². The first-order valence-electron chi connectivity index (χ1n) is 6.66. The maximum Gasteiger partial charge on any atom is 0.229 e. The fourth-order valence-corrected chi connectivity index (χ4v) is 2.67. The van der Waals surface area contributed by atoms with Crippen molar-refractivity contribution in [2.75, 3.05) is 0 Å². The molecule has 1 unspecified atom stereocenters. The molecule has 108 valence electrons. The van der Waals surface area contributed by atoms with E-state index in [1.165, 1.54) is 0 Å². The van der Waals surface area contributed by atoms with Crippen LogP contribution in [0.25, 0.3) is 0 Å². The summed E-state index contributed by atoms with van der Waals surface area (Å²) >= 11 is 1.60. The van der Waals surface area contributed by atoms with E-state index in [9.17, 15) is 5.11 Å². The minimum atomic E-state index is -0.638. The zero-order valence-electron chi connectivity index (χ0n) is 11.6. The Morgan fingerprint density at radius 2 is 2.05 bits per heavy atom. The van der Waals surface area contributed by atoms with Gasteiger partial charge in [0.1, 0.15) is 0 Å². The Bertz CT molecular complexity index is 709. The van der Waals surface area contributed by atoms with E-state index in [4.69, 9.17) is 4.52 Å². The molecule has 1 aromatic carbocycles. The minimum absolute atomic E-state index is 0.313. The van der Waals surface area contributed by atoms with Gasteiger partial charge in [0.15, 0.2) is 5.82 Å². The van der Waals surface area contributed by atoms with Crippen LogP contribution in [0.15, 0.2) is 40.2 Å². The van der Waals surface area contributed by atoms with Crippen LogP contribution >= 0.6 is 11.3 Å². The van der Waals surface area contributed by atoms with Crippen molar-refractivity contribution in [3.63, 3.8) is 0 Å². The molecule has 6 heteroatoms. The average molecular weight is 301 g/mol. The molecule has 0 fully saturated rings. The number of aliphatic hydroxyl groups excluding tert-OH is 1. The Morgan fingerprint density at radius 3 is 2.76 bits per heavy atom. The standard InChI is InChI=1S/C15H15N3O2S/c1-10-16-12(9-21-10)7-14-17-15(20-18-14)8-13(19)11-5-3-2-4-6-11/h2-6,9,13,19H,7-8H2,1H3. The number of thiazole rings is 1. The van der Waals surface area contributed by atoms with Gasteiger partial charge in [-0.3, -0.25) is 0 Å². The molecule has 21 heavy (non-hydrogen) atoms. The lowest BCUT2D eigenvalue weighted by Crippen LogP contribution is -2.02. The predicted octanol–water partition coefficient (Wildman–Crippen LogP) is 2.70. The van der Waals surface area contributed by atoms with E-state index in [0.29, 0.717) is 24.6 Å². The maximum atomic E-state index is 10.1. The van der Waals surface area contributed by atoms with Crippen LogP contribution in [0.5, 0.6) is 0 Å². The Kier molecular flexibility index (Phi) is 4.08. The molecule has 5 nitrogen and oxygen atoms in total. The molecule has 0 aliphatic heterocycles. The molecule has 0 aliphatic rings. The van der Waals surface area contributed by atoms with Crippen LogP contribution in [0.3, 0.4) is 0 Å². The molecule has 1 N–H and O–H groups in total. The minimum Gasteiger partial charge on any atom is -0.388 e. The molecule has 0 spiro atoms. The van der Waals surface area contributed by atoms with E-state index in [0.717, 1.165) is 16.3 Å². The summed E-state index contributed by atoms with van der Waals surface area (Å²) in [5.41, 5.74) is 1.78. The van der Waals surface area contributed by atoms with Crippen molar-refractivity contribution in [2.24, 2.45) is 0 Å². The second kappa shape index (κ2) is 6.15. The highest BCUT2D eigenvalue weighted by atomic mass is 32.1. The van der Waals surface area contributed by atoms with Gasteiger partial charge >= 0.3 is 0 Å². The summed E-state index contributed by atoms with van der Waals surface area (Å²) in [7, 11) is 0. The highest BCUT2D eigenvalue weighted by molar-refractivity contribution is 7.09. The Morgan fingerprint density at radius 1 is 1.24 bits per heavy atom. The Hall–Kier alpha value is -2.05. The van der Waals surface area contributed by atoms with Crippen molar-refractivity contribution in [3.05, 3.63) is 63.7 Å². The summed E-state index contributed by atoms with van der Waals surface area (Å²) in [5, 5.41) is 17.1. The SMILES string of the molecule is Cc1nc(Cc2noc(CC(O)c3ccccc3)n2)cs1. The molecule has 2 heterocycles. The Labute approximate surface area is 126 Å². The highest BCUT2D eigenvalue weighted by Gasteiger charge is 2.14. The molecular weight excluding hydrogens is 286 g/mol. The van der Waals surface area contributed by atoms with Crippen LogP contribution in [0.2, 0.25) is 0 Å². The number of hydrogen-bond donors (Lipinski definition) is 1. The van der Waals surface area contributed by atoms with Gasteiger partial charge in [-0.25, -0.2) is 4.98 Å². The third kappa shape index (κ3) is 3.53. The van der Waals surface area contributed by atoms with Gasteiger partial charge in [-0.05, 0) is 12.5 Å². The largest absolute Gasteiger partial charge is 0.388 e. The second-order valence-corrected chi connectivity index (χ2v) is 5.83. The van der Waals surface area contributed by atoms with E-state index in [1.54, 1.807) is 11.3 Å². The maximum absolute atomic E-state index is 10.1. The van der Waals surface area contributed by atoms with Gasteiger partial charge in [0.25, 0.3) is 0 Å². The zero-order valence-corrected chi connectivity index (χ0v) is 12.4. The van der Waals surface area contributed by atoms with Crippen molar-refractivity contribution < 1.29 is 9.63 Å². The fourth-order valence-electron chi connectivity index (χ4n) is 2.05. The molecule has 0 saturated heterocycles. The molecule has 0 amide bonds. The predicted molar refractivity (Wildman–Crippen MR) is 79.1 cm³/mol. The van der Waals surface area contributed by atoms with Gasteiger partial charge in [-0.2, -0.15) is 4.98 Å². The number of hydrogen-bond acceptors (Lipinski definition) is 6. The lowest BCUT2D eigenvalue weighted by atomic mass is 10.1. The molecular formula is C15H15N3O2S. The number of aryl methyl sites for hydroxylation is 1. The van der Waals surface area contributed by atoms with Crippen LogP contribution in [-0.2, 0) is 12.8 Å². The molecule has 0 aliphatic carbocycles. The third-order valence-electron chi connectivity index (χ3n) is 3.07. The first-order chi connectivity index (χ1) is 10.2. The summed E-state index contributed by atoms with van der Waals surface area (Å²) in [6.07, 6.45) is 0.226. The van der Waals surface area contributed by atoms with E-state index >= 15 is 0 Å². The Balaban J connectivity index is 1.65. The summed E-state index contributed by atoms with van der Waals surface area (Å²) in [4.78, 5) is 8.68. The van der Waals surface area contributed by atoms with Gasteiger partial charge in [0.05, 0.1) is 29.6 Å². The number of aliphatic hydroxyl groups is 1. The lowest BCUT2D eigenvalue weighted by molar-refractivity contribution is 0.164. The lowest BCUT2D eigenvalue weighted by Gasteiger charge is -2.07. The van der Waals surface area contributed by atoms with Crippen LogP contribution in [-0.4, -0.2) is 20.2 Å². The second-order valence-electron chi connectivity index (χ2n) is 4.77. The topological polar surface area (TPSA) is 72.0 Å². The molecule has 0 saturated carbocycles. The van der Waals surface area contributed by atoms with E-state index < -0.39 is 6.10 Å². The number of aromatic nitrogens is 3. The van der Waals surface area contributed by atoms with Crippen molar-refractivity contribution in [3.8, 4) is 0 Å². The number of rotatable bonds is 5. The van der Waals surface area contributed by atoms with Crippen LogP contribution in [0.4, 0.5) is 0 Å². The normalized spacial score (nSPS) is 12.5. The van der Waals surface area contributed by atoms with Crippen molar-refractivity contribution in [2.45, 2.75) is 25.9 Å². The van der Waals surface area contributed by atoms with Gasteiger partial charge in [0, 0.05) is 5.38 Å². The van der Waals surface area contributed by atoms with Crippen LogP contribution in [0.1, 0.15) is 34.1 Å². The highest BCUT2D eigenvalue weighted by Crippen LogP contribution is 2.17. The molecule has 1 atom stereocenters. The van der Waals surface area contributed by atoms with Gasteiger partial charge < -0.3 is 9.63 Å². The van der Waals surface area contributed by atoms with E-state index in [-0.39, 0.29) is 0 Å².